The van der Waals surface area contributed by atoms with Gasteiger partial charge in [-0.25, -0.2) is 0 Å². The Morgan fingerprint density at radius 1 is 1.27 bits per heavy atom. The number of ether oxygens (including phenoxy) is 1. The third kappa shape index (κ3) is 1.58. The molecule has 2 aliphatic rings. The SMILES string of the molecule is CC1Cc2cc(N3CCCC3)ccc2O1. The second-order valence-electron chi connectivity index (χ2n) is 4.62. The van der Waals surface area contributed by atoms with Gasteiger partial charge in [-0.15, -0.1) is 0 Å². The third-order valence-electron chi connectivity index (χ3n) is 3.35. The number of benzene rings is 1. The smallest absolute Gasteiger partial charge is 0.123 e. The lowest BCUT2D eigenvalue weighted by Crippen LogP contribution is -2.17. The molecule has 0 saturated carbocycles. The number of hydrogen-bond acceptors (Lipinski definition) is 2. The molecular formula is C13H17NO. The Kier molecular flexibility index (Phi) is 2.08. The van der Waals surface area contributed by atoms with Crippen molar-refractivity contribution in [2.45, 2.75) is 32.3 Å². The summed E-state index contributed by atoms with van der Waals surface area (Å²) in [4.78, 5) is 2.48. The van der Waals surface area contributed by atoms with E-state index in [1.165, 1.54) is 37.2 Å². The Morgan fingerprint density at radius 3 is 2.87 bits per heavy atom. The summed E-state index contributed by atoms with van der Waals surface area (Å²) in [5.74, 6) is 1.09. The van der Waals surface area contributed by atoms with Crippen molar-refractivity contribution in [1.29, 1.82) is 0 Å². The molecule has 80 valence electrons. The van der Waals surface area contributed by atoms with E-state index in [4.69, 9.17) is 4.74 Å². The quantitative estimate of drug-likeness (QED) is 0.695. The van der Waals surface area contributed by atoms with Crippen LogP contribution in [0.2, 0.25) is 0 Å². The maximum atomic E-state index is 5.71. The highest BCUT2D eigenvalue weighted by Crippen LogP contribution is 2.33. The fourth-order valence-electron chi connectivity index (χ4n) is 2.58. The highest BCUT2D eigenvalue weighted by atomic mass is 16.5. The summed E-state index contributed by atoms with van der Waals surface area (Å²) in [7, 11) is 0. The Hall–Kier alpha value is -1.18. The fraction of sp³-hybridized carbons (Fsp3) is 0.538. The molecule has 15 heavy (non-hydrogen) atoms. The van der Waals surface area contributed by atoms with Crippen LogP contribution in [0, 0.1) is 0 Å². The predicted octanol–water partition coefficient (Wildman–Crippen LogP) is 2.61. The van der Waals surface area contributed by atoms with Crippen molar-refractivity contribution >= 4 is 5.69 Å². The average Bonchev–Trinajstić information content (AvgIpc) is 2.82. The minimum absolute atomic E-state index is 0.355. The van der Waals surface area contributed by atoms with Crippen LogP contribution in [0.5, 0.6) is 5.75 Å². The highest BCUT2D eigenvalue weighted by Gasteiger charge is 2.20. The zero-order valence-corrected chi connectivity index (χ0v) is 9.20. The van der Waals surface area contributed by atoms with Crippen LogP contribution in [0.1, 0.15) is 25.3 Å². The standard InChI is InChI=1S/C13H17NO/c1-10-8-11-9-12(4-5-13(11)15-10)14-6-2-3-7-14/h4-5,9-10H,2-3,6-8H2,1H3. The second-order valence-corrected chi connectivity index (χ2v) is 4.62. The average molecular weight is 203 g/mol. The second kappa shape index (κ2) is 3.44. The molecule has 0 amide bonds. The van der Waals surface area contributed by atoms with Crippen molar-refractivity contribution in [3.63, 3.8) is 0 Å². The van der Waals surface area contributed by atoms with Gasteiger partial charge in [-0.05, 0) is 43.5 Å². The fourth-order valence-corrected chi connectivity index (χ4v) is 2.58. The first kappa shape index (κ1) is 9.08. The number of hydrogen-bond donors (Lipinski definition) is 0. The van der Waals surface area contributed by atoms with Gasteiger partial charge in [0.2, 0.25) is 0 Å². The van der Waals surface area contributed by atoms with E-state index in [2.05, 4.69) is 30.0 Å². The van der Waals surface area contributed by atoms with Gasteiger partial charge in [-0.3, -0.25) is 0 Å². The van der Waals surface area contributed by atoms with E-state index in [0.29, 0.717) is 6.10 Å². The van der Waals surface area contributed by atoms with Crippen molar-refractivity contribution in [2.24, 2.45) is 0 Å². The Bertz CT molecular complexity index is 369. The molecule has 0 aromatic heterocycles. The van der Waals surface area contributed by atoms with Crippen LogP contribution in [0.25, 0.3) is 0 Å². The molecule has 1 aromatic carbocycles. The van der Waals surface area contributed by atoms with E-state index < -0.39 is 0 Å². The van der Waals surface area contributed by atoms with E-state index in [-0.39, 0.29) is 0 Å². The molecule has 1 fully saturated rings. The van der Waals surface area contributed by atoms with Crippen molar-refractivity contribution in [3.8, 4) is 5.75 Å². The van der Waals surface area contributed by atoms with Crippen LogP contribution in [0.3, 0.4) is 0 Å². The maximum Gasteiger partial charge on any atom is 0.123 e. The van der Waals surface area contributed by atoms with Crippen LogP contribution in [0.4, 0.5) is 5.69 Å². The van der Waals surface area contributed by atoms with Crippen LogP contribution in [-0.2, 0) is 6.42 Å². The molecular weight excluding hydrogens is 186 g/mol. The number of anilines is 1. The van der Waals surface area contributed by atoms with Gasteiger partial charge in [0.25, 0.3) is 0 Å². The summed E-state index contributed by atoms with van der Waals surface area (Å²) in [6.45, 7) is 4.57. The van der Waals surface area contributed by atoms with Crippen molar-refractivity contribution in [2.75, 3.05) is 18.0 Å². The predicted molar refractivity (Wildman–Crippen MR) is 61.7 cm³/mol. The molecule has 1 atom stereocenters. The molecule has 0 radical (unpaired) electrons. The van der Waals surface area contributed by atoms with Crippen LogP contribution in [0.15, 0.2) is 18.2 Å². The van der Waals surface area contributed by atoms with Crippen molar-refractivity contribution in [3.05, 3.63) is 23.8 Å². The van der Waals surface area contributed by atoms with Gasteiger partial charge in [-0.2, -0.15) is 0 Å². The largest absolute Gasteiger partial charge is 0.490 e. The van der Waals surface area contributed by atoms with Gasteiger partial charge in [0.1, 0.15) is 11.9 Å². The Balaban J connectivity index is 1.89. The normalized spacial score (nSPS) is 24.1. The topological polar surface area (TPSA) is 12.5 Å². The van der Waals surface area contributed by atoms with E-state index in [1.54, 1.807) is 0 Å². The molecule has 2 aliphatic heterocycles. The van der Waals surface area contributed by atoms with E-state index in [1.807, 2.05) is 0 Å². The van der Waals surface area contributed by atoms with Crippen LogP contribution >= 0.6 is 0 Å². The molecule has 0 bridgehead atoms. The molecule has 0 N–H and O–H groups in total. The summed E-state index contributed by atoms with van der Waals surface area (Å²) < 4.78 is 5.71. The minimum atomic E-state index is 0.355. The van der Waals surface area contributed by atoms with Gasteiger partial charge in [0, 0.05) is 25.2 Å². The first-order valence-corrected chi connectivity index (χ1v) is 5.87. The van der Waals surface area contributed by atoms with Gasteiger partial charge in [-0.1, -0.05) is 0 Å². The molecule has 3 rings (SSSR count). The molecule has 2 heteroatoms. The van der Waals surface area contributed by atoms with Gasteiger partial charge in [0.15, 0.2) is 0 Å². The summed E-state index contributed by atoms with van der Waals surface area (Å²) >= 11 is 0. The maximum absolute atomic E-state index is 5.71. The summed E-state index contributed by atoms with van der Waals surface area (Å²) in [6, 6.07) is 6.64. The number of fused-ring (bicyclic) bond motifs is 1. The van der Waals surface area contributed by atoms with Crippen molar-refractivity contribution in [1.82, 2.24) is 0 Å². The Morgan fingerprint density at radius 2 is 2.07 bits per heavy atom. The molecule has 2 heterocycles. The van der Waals surface area contributed by atoms with Gasteiger partial charge >= 0.3 is 0 Å². The van der Waals surface area contributed by atoms with Gasteiger partial charge < -0.3 is 9.64 Å². The summed E-state index contributed by atoms with van der Waals surface area (Å²) in [5, 5.41) is 0. The molecule has 1 saturated heterocycles. The van der Waals surface area contributed by atoms with Crippen LogP contribution in [-0.4, -0.2) is 19.2 Å². The van der Waals surface area contributed by atoms with Crippen LogP contribution < -0.4 is 9.64 Å². The van der Waals surface area contributed by atoms with E-state index >= 15 is 0 Å². The first-order chi connectivity index (χ1) is 7.33. The first-order valence-electron chi connectivity index (χ1n) is 5.87. The summed E-state index contributed by atoms with van der Waals surface area (Å²) in [6.07, 6.45) is 4.10. The zero-order chi connectivity index (χ0) is 10.3. The monoisotopic (exact) mass is 203 g/mol. The molecule has 0 aliphatic carbocycles. The zero-order valence-electron chi connectivity index (χ0n) is 9.20. The molecule has 2 nitrogen and oxygen atoms in total. The lowest BCUT2D eigenvalue weighted by Gasteiger charge is -2.18. The Labute approximate surface area is 90.8 Å². The van der Waals surface area contributed by atoms with E-state index in [9.17, 15) is 0 Å². The summed E-state index contributed by atoms with van der Waals surface area (Å²) in [5.41, 5.74) is 2.76. The molecule has 1 aromatic rings. The molecule has 0 spiro atoms. The molecule has 1 unspecified atom stereocenters. The number of nitrogens with zero attached hydrogens (tertiary/aromatic N) is 1. The van der Waals surface area contributed by atoms with Crippen molar-refractivity contribution < 1.29 is 4.74 Å². The minimum Gasteiger partial charge on any atom is -0.490 e. The van der Waals surface area contributed by atoms with Gasteiger partial charge in [0.05, 0.1) is 0 Å². The lowest BCUT2D eigenvalue weighted by atomic mass is 10.1. The number of rotatable bonds is 1. The highest BCUT2D eigenvalue weighted by molar-refractivity contribution is 5.55. The lowest BCUT2D eigenvalue weighted by molar-refractivity contribution is 0.254. The third-order valence-corrected chi connectivity index (χ3v) is 3.35. The van der Waals surface area contributed by atoms with E-state index in [0.717, 1.165) is 12.2 Å².